The van der Waals surface area contributed by atoms with Crippen molar-refractivity contribution in [1.29, 1.82) is 0 Å². The summed E-state index contributed by atoms with van der Waals surface area (Å²) < 4.78 is 0. The lowest BCUT2D eigenvalue weighted by Crippen LogP contribution is -2.39. The number of hydrogen-bond acceptors (Lipinski definition) is 2. The third-order valence-electron chi connectivity index (χ3n) is 3.07. The van der Waals surface area contributed by atoms with E-state index in [2.05, 4.69) is 35.7 Å². The van der Waals surface area contributed by atoms with Gasteiger partial charge in [-0.2, -0.15) is 0 Å². The molecule has 1 saturated carbocycles. The second-order valence-corrected chi connectivity index (χ2v) is 4.81. The van der Waals surface area contributed by atoms with Gasteiger partial charge < -0.3 is 5.73 Å². The molecule has 0 atom stereocenters. The second kappa shape index (κ2) is 4.81. The highest BCUT2D eigenvalue weighted by Gasteiger charge is 2.39. The van der Waals surface area contributed by atoms with E-state index in [0.29, 0.717) is 0 Å². The molecule has 0 unspecified atom stereocenters. The van der Waals surface area contributed by atoms with Crippen molar-refractivity contribution in [1.82, 2.24) is 4.90 Å². The summed E-state index contributed by atoms with van der Waals surface area (Å²) in [5, 5.41) is 0. The van der Waals surface area contributed by atoms with Gasteiger partial charge in [-0.25, -0.2) is 0 Å². The van der Waals surface area contributed by atoms with Crippen LogP contribution in [0.15, 0.2) is 43.0 Å². The highest BCUT2D eigenvalue weighted by Crippen LogP contribution is 2.33. The van der Waals surface area contributed by atoms with Crippen molar-refractivity contribution in [2.24, 2.45) is 5.73 Å². The van der Waals surface area contributed by atoms with Crippen molar-refractivity contribution < 1.29 is 0 Å². The molecule has 0 aliphatic heterocycles. The first-order valence-electron chi connectivity index (χ1n) is 5.88. The van der Waals surface area contributed by atoms with E-state index < -0.39 is 0 Å². The SMILES string of the molecule is C=CCN(Cc1ccccc1)CC1(N)CC1. The van der Waals surface area contributed by atoms with E-state index in [0.717, 1.165) is 32.5 Å². The molecule has 2 N–H and O–H groups in total. The van der Waals surface area contributed by atoms with Crippen molar-refractivity contribution in [2.75, 3.05) is 13.1 Å². The molecule has 0 aromatic heterocycles. The minimum Gasteiger partial charge on any atom is -0.324 e. The zero-order valence-corrected chi connectivity index (χ0v) is 9.73. The van der Waals surface area contributed by atoms with E-state index in [4.69, 9.17) is 5.73 Å². The Kier molecular flexibility index (Phi) is 3.42. The fourth-order valence-electron chi connectivity index (χ4n) is 1.97. The Balaban J connectivity index is 1.94. The van der Waals surface area contributed by atoms with E-state index in [1.54, 1.807) is 0 Å². The first-order valence-corrected chi connectivity index (χ1v) is 5.88. The van der Waals surface area contributed by atoms with Gasteiger partial charge >= 0.3 is 0 Å². The maximum atomic E-state index is 6.16. The predicted octanol–water partition coefficient (Wildman–Crippen LogP) is 2.17. The summed E-state index contributed by atoms with van der Waals surface area (Å²) in [5.74, 6) is 0. The average molecular weight is 216 g/mol. The van der Waals surface area contributed by atoms with Gasteiger partial charge in [-0.1, -0.05) is 36.4 Å². The Morgan fingerprint density at radius 3 is 2.56 bits per heavy atom. The first kappa shape index (κ1) is 11.4. The maximum absolute atomic E-state index is 6.16. The van der Waals surface area contributed by atoms with E-state index in [1.807, 2.05) is 12.1 Å². The molecule has 1 aliphatic carbocycles. The quantitative estimate of drug-likeness (QED) is 0.738. The Bertz CT molecular complexity index is 341. The molecule has 86 valence electrons. The summed E-state index contributed by atoms with van der Waals surface area (Å²) in [5.41, 5.74) is 7.58. The molecule has 0 radical (unpaired) electrons. The third kappa shape index (κ3) is 3.19. The standard InChI is InChI=1S/C14H20N2/c1-2-10-16(12-14(15)8-9-14)11-13-6-4-3-5-7-13/h2-7H,1,8-12,15H2. The number of rotatable bonds is 6. The van der Waals surface area contributed by atoms with Crippen molar-refractivity contribution in [2.45, 2.75) is 24.9 Å². The molecule has 0 amide bonds. The zero-order valence-electron chi connectivity index (χ0n) is 9.73. The summed E-state index contributed by atoms with van der Waals surface area (Å²) in [4.78, 5) is 2.37. The Hall–Kier alpha value is -1.12. The highest BCUT2D eigenvalue weighted by atomic mass is 15.2. The van der Waals surface area contributed by atoms with Gasteiger partial charge in [0.25, 0.3) is 0 Å². The van der Waals surface area contributed by atoms with Crippen LogP contribution in [0.5, 0.6) is 0 Å². The number of benzene rings is 1. The van der Waals surface area contributed by atoms with Crippen LogP contribution in [0.25, 0.3) is 0 Å². The van der Waals surface area contributed by atoms with Crippen LogP contribution in [0.4, 0.5) is 0 Å². The molecule has 0 heterocycles. The molecule has 2 nitrogen and oxygen atoms in total. The molecule has 1 fully saturated rings. The Labute approximate surface area is 97.8 Å². The highest BCUT2D eigenvalue weighted by molar-refractivity contribution is 5.15. The van der Waals surface area contributed by atoms with Crippen LogP contribution in [0, 0.1) is 0 Å². The molecule has 0 saturated heterocycles. The largest absolute Gasteiger partial charge is 0.324 e. The average Bonchev–Trinajstić information content (AvgIpc) is 2.98. The monoisotopic (exact) mass is 216 g/mol. The lowest BCUT2D eigenvalue weighted by molar-refractivity contribution is 0.267. The fourth-order valence-corrected chi connectivity index (χ4v) is 1.97. The molecule has 0 spiro atoms. The number of hydrogen-bond donors (Lipinski definition) is 1. The third-order valence-corrected chi connectivity index (χ3v) is 3.07. The van der Waals surface area contributed by atoms with Gasteiger partial charge in [0.1, 0.15) is 0 Å². The fraction of sp³-hybridized carbons (Fsp3) is 0.429. The summed E-state index contributed by atoms with van der Waals surface area (Å²) >= 11 is 0. The van der Waals surface area contributed by atoms with Crippen LogP contribution >= 0.6 is 0 Å². The molecule has 0 bridgehead atoms. The van der Waals surface area contributed by atoms with Crippen LogP contribution < -0.4 is 5.73 Å². The van der Waals surface area contributed by atoms with E-state index in [9.17, 15) is 0 Å². The number of nitrogens with two attached hydrogens (primary N) is 1. The van der Waals surface area contributed by atoms with E-state index in [1.165, 1.54) is 5.56 Å². The lowest BCUT2D eigenvalue weighted by Gasteiger charge is -2.24. The summed E-state index contributed by atoms with van der Waals surface area (Å²) in [7, 11) is 0. The van der Waals surface area contributed by atoms with Gasteiger partial charge in [0, 0.05) is 25.2 Å². The summed E-state index contributed by atoms with van der Waals surface area (Å²) in [6.45, 7) is 6.66. The molecule has 1 aromatic carbocycles. The normalized spacial score (nSPS) is 17.4. The second-order valence-electron chi connectivity index (χ2n) is 4.81. The smallest absolute Gasteiger partial charge is 0.0285 e. The molecule has 1 aromatic rings. The molecule has 1 aliphatic rings. The Morgan fingerprint density at radius 1 is 1.31 bits per heavy atom. The zero-order chi connectivity index (χ0) is 11.4. The maximum Gasteiger partial charge on any atom is 0.0285 e. The molecular formula is C14H20N2. The van der Waals surface area contributed by atoms with Crippen molar-refractivity contribution >= 4 is 0 Å². The summed E-state index contributed by atoms with van der Waals surface area (Å²) in [6.07, 6.45) is 4.28. The topological polar surface area (TPSA) is 29.3 Å². The van der Waals surface area contributed by atoms with Crippen molar-refractivity contribution in [3.8, 4) is 0 Å². The summed E-state index contributed by atoms with van der Waals surface area (Å²) in [6, 6.07) is 10.5. The van der Waals surface area contributed by atoms with Gasteiger partial charge in [0.05, 0.1) is 0 Å². The molecule has 16 heavy (non-hydrogen) atoms. The van der Waals surface area contributed by atoms with Gasteiger partial charge in [0.15, 0.2) is 0 Å². The van der Waals surface area contributed by atoms with Crippen LogP contribution in [0.2, 0.25) is 0 Å². The van der Waals surface area contributed by atoms with E-state index >= 15 is 0 Å². The molecule has 2 heteroatoms. The van der Waals surface area contributed by atoms with Gasteiger partial charge in [-0.05, 0) is 18.4 Å². The van der Waals surface area contributed by atoms with Crippen molar-refractivity contribution in [3.63, 3.8) is 0 Å². The Morgan fingerprint density at radius 2 is 2.00 bits per heavy atom. The molecule has 2 rings (SSSR count). The van der Waals surface area contributed by atoms with Gasteiger partial charge in [-0.3, -0.25) is 4.90 Å². The molecular weight excluding hydrogens is 196 g/mol. The van der Waals surface area contributed by atoms with Crippen LogP contribution in [-0.4, -0.2) is 23.5 Å². The van der Waals surface area contributed by atoms with Crippen molar-refractivity contribution in [3.05, 3.63) is 48.6 Å². The van der Waals surface area contributed by atoms with Crippen LogP contribution in [0.1, 0.15) is 18.4 Å². The minimum absolute atomic E-state index is 0.0811. The first-order chi connectivity index (χ1) is 7.72. The van der Waals surface area contributed by atoms with E-state index in [-0.39, 0.29) is 5.54 Å². The predicted molar refractivity (Wildman–Crippen MR) is 68.1 cm³/mol. The number of nitrogens with zero attached hydrogens (tertiary/aromatic N) is 1. The minimum atomic E-state index is 0.0811. The van der Waals surface area contributed by atoms with Crippen LogP contribution in [-0.2, 0) is 6.54 Å². The van der Waals surface area contributed by atoms with Crippen LogP contribution in [0.3, 0.4) is 0 Å². The van der Waals surface area contributed by atoms with Gasteiger partial charge in [0.2, 0.25) is 0 Å². The van der Waals surface area contributed by atoms with Gasteiger partial charge in [-0.15, -0.1) is 6.58 Å². The lowest BCUT2D eigenvalue weighted by atomic mass is 10.2.